The van der Waals surface area contributed by atoms with Gasteiger partial charge in [-0.15, -0.1) is 6.42 Å². The molecule has 9 rings (SSSR count). The molecule has 3 aromatic carbocycles. The van der Waals surface area contributed by atoms with Crippen LogP contribution in [0, 0.1) is 24.2 Å². The van der Waals surface area contributed by atoms with Gasteiger partial charge in [-0.25, -0.2) is 19.6 Å². The van der Waals surface area contributed by atoms with E-state index in [1.54, 1.807) is 16.9 Å². The van der Waals surface area contributed by atoms with Gasteiger partial charge in [-0.2, -0.15) is 0 Å². The van der Waals surface area contributed by atoms with Gasteiger partial charge in [-0.3, -0.25) is 9.59 Å². The molecule has 16 nitrogen and oxygen atoms in total. The van der Waals surface area contributed by atoms with Crippen molar-refractivity contribution in [3.8, 4) is 18.1 Å². The second kappa shape index (κ2) is 18.4. The summed E-state index contributed by atoms with van der Waals surface area (Å²) in [5.74, 6) is 4.19. The third-order valence-electron chi connectivity index (χ3n) is 13.4. The van der Waals surface area contributed by atoms with Crippen LogP contribution in [-0.4, -0.2) is 107 Å². The van der Waals surface area contributed by atoms with Gasteiger partial charge < -0.3 is 49.3 Å². The van der Waals surface area contributed by atoms with Crippen LogP contribution >= 0.6 is 0 Å². The first-order valence-electron chi connectivity index (χ1n) is 22.4. The predicted molar refractivity (Wildman–Crippen MR) is 246 cm³/mol. The normalized spacial score (nSPS) is 22.1. The zero-order valence-electron chi connectivity index (χ0n) is 37.6. The summed E-state index contributed by atoms with van der Waals surface area (Å²) in [5.41, 5.74) is 6.46. The summed E-state index contributed by atoms with van der Waals surface area (Å²) in [6, 6.07) is 14.4. The van der Waals surface area contributed by atoms with Crippen molar-refractivity contribution < 1.29 is 38.1 Å². The number of aromatic nitrogens is 4. The second-order valence-corrected chi connectivity index (χ2v) is 17.8. The van der Waals surface area contributed by atoms with Gasteiger partial charge in [0.25, 0.3) is 5.91 Å². The lowest BCUT2D eigenvalue weighted by molar-refractivity contribution is -0.137. The number of benzene rings is 3. The number of carbonyl (C=O) groups is 4. The van der Waals surface area contributed by atoms with E-state index in [9.17, 15) is 19.2 Å². The van der Waals surface area contributed by atoms with Crippen molar-refractivity contribution in [3.63, 3.8) is 0 Å². The molecular formula is C50H54N8O8. The molecule has 16 heteroatoms. The van der Waals surface area contributed by atoms with Crippen LogP contribution in [0.2, 0.25) is 0 Å². The highest BCUT2D eigenvalue weighted by atomic mass is 16.5. The molecule has 5 heterocycles. The van der Waals surface area contributed by atoms with Crippen LogP contribution in [0.15, 0.2) is 78.5 Å². The molecule has 342 valence electrons. The summed E-state index contributed by atoms with van der Waals surface area (Å²) >= 11 is 0. The molecular weight excluding hydrogens is 841 g/mol. The maximum atomic E-state index is 14.3. The molecule has 0 saturated carbocycles. The molecule has 0 bridgehead atoms. The van der Waals surface area contributed by atoms with E-state index in [1.807, 2.05) is 62.5 Å². The number of aromatic amines is 2. The lowest BCUT2D eigenvalue weighted by Gasteiger charge is -2.32. The number of hydrogen-bond donors (Lipinski definition) is 4. The number of nitrogens with zero attached hydrogens (tertiary/aromatic N) is 4. The van der Waals surface area contributed by atoms with E-state index in [-0.39, 0.29) is 35.6 Å². The number of allylic oxidation sites excluding steroid dienone is 3. The van der Waals surface area contributed by atoms with E-state index < -0.39 is 36.4 Å². The van der Waals surface area contributed by atoms with Crippen LogP contribution in [0.25, 0.3) is 27.4 Å². The summed E-state index contributed by atoms with van der Waals surface area (Å²) in [6.07, 6.45) is 13.4. The molecule has 5 aromatic rings. The van der Waals surface area contributed by atoms with E-state index in [0.717, 1.165) is 44.4 Å². The first kappa shape index (κ1) is 44.1. The highest BCUT2D eigenvalue weighted by Gasteiger charge is 2.44. The molecule has 4 aliphatic rings. The number of fused-ring (bicyclic) bond motifs is 5. The molecule has 4 N–H and O–H groups in total. The average Bonchev–Trinajstić information content (AvgIpc) is 4.17. The Morgan fingerprint density at radius 3 is 2.48 bits per heavy atom. The first-order valence-corrected chi connectivity index (χ1v) is 22.4. The van der Waals surface area contributed by atoms with Gasteiger partial charge in [0.15, 0.2) is 0 Å². The SMILES string of the molecule is C#C[C@H]1CCC(c2nc3c(ccc4cc5c(cc43)OCC3=C5C=CC(c4cnc([C@@H]5C[C@H](COC)CN5C(=O)[C@H](NC(=O)OC)c5ccccc5)[nH]4)C3)[nH]2)N1C(=O)[C@@H](NC(=O)OC)C(C)C. The van der Waals surface area contributed by atoms with Gasteiger partial charge in [0, 0.05) is 48.3 Å². The molecule has 2 saturated heterocycles. The van der Waals surface area contributed by atoms with Crippen LogP contribution in [0.3, 0.4) is 0 Å². The zero-order chi connectivity index (χ0) is 46.2. The summed E-state index contributed by atoms with van der Waals surface area (Å²) < 4.78 is 21.7. The minimum atomic E-state index is -0.943. The molecule has 0 spiro atoms. The first-order chi connectivity index (χ1) is 32.0. The number of imidazole rings is 2. The number of ether oxygens (including phenoxy) is 4. The van der Waals surface area contributed by atoms with Gasteiger partial charge in [0.05, 0.1) is 50.0 Å². The van der Waals surface area contributed by atoms with E-state index in [1.165, 1.54) is 19.8 Å². The third-order valence-corrected chi connectivity index (χ3v) is 13.4. The number of likely N-dealkylation sites (tertiary alicyclic amines) is 2. The number of carbonyl (C=O) groups excluding carboxylic acids is 4. The largest absolute Gasteiger partial charge is 0.489 e. The molecule has 66 heavy (non-hydrogen) atoms. The fourth-order valence-electron chi connectivity index (χ4n) is 10.1. The number of nitrogens with one attached hydrogen (secondary N) is 4. The van der Waals surface area contributed by atoms with Gasteiger partial charge >= 0.3 is 12.2 Å². The predicted octanol–water partition coefficient (Wildman–Crippen LogP) is 7.01. The zero-order valence-corrected chi connectivity index (χ0v) is 37.6. The maximum absolute atomic E-state index is 14.3. The van der Waals surface area contributed by atoms with Crippen molar-refractivity contribution in [1.29, 1.82) is 0 Å². The van der Waals surface area contributed by atoms with Crippen molar-refractivity contribution in [2.75, 3.05) is 41.1 Å². The minimum Gasteiger partial charge on any atom is -0.489 e. The van der Waals surface area contributed by atoms with Crippen LogP contribution in [0.5, 0.6) is 5.75 Å². The van der Waals surface area contributed by atoms with Crippen LogP contribution in [-0.2, 0) is 23.8 Å². The number of amides is 4. The smallest absolute Gasteiger partial charge is 0.407 e. The number of hydrogen-bond acceptors (Lipinski definition) is 10. The Kier molecular flexibility index (Phi) is 12.3. The minimum absolute atomic E-state index is 0.000684. The second-order valence-electron chi connectivity index (χ2n) is 17.8. The van der Waals surface area contributed by atoms with Gasteiger partial charge in [0.2, 0.25) is 5.91 Å². The van der Waals surface area contributed by atoms with Crippen LogP contribution < -0.4 is 15.4 Å². The van der Waals surface area contributed by atoms with Crippen LogP contribution in [0.1, 0.15) is 92.0 Å². The average molecular weight is 895 g/mol. The molecule has 1 aliphatic carbocycles. The Labute approximate surface area is 382 Å². The van der Waals surface area contributed by atoms with Crippen molar-refractivity contribution in [3.05, 3.63) is 107 Å². The van der Waals surface area contributed by atoms with Crippen molar-refractivity contribution >= 4 is 51.4 Å². The molecule has 2 aromatic heterocycles. The van der Waals surface area contributed by atoms with Gasteiger partial charge in [-0.1, -0.05) is 68.3 Å². The fraction of sp³-hybridized carbons (Fsp3) is 0.400. The Balaban J connectivity index is 0.951. The number of alkyl carbamates (subject to hydrolysis) is 2. The van der Waals surface area contributed by atoms with Crippen molar-refractivity contribution in [2.24, 2.45) is 11.8 Å². The Morgan fingerprint density at radius 1 is 0.955 bits per heavy atom. The Hall–Kier alpha value is -7.12. The molecule has 4 amide bonds. The fourth-order valence-corrected chi connectivity index (χ4v) is 10.1. The molecule has 0 radical (unpaired) electrons. The summed E-state index contributed by atoms with van der Waals surface area (Å²) in [5, 5.41) is 7.35. The molecule has 7 atom stereocenters. The summed E-state index contributed by atoms with van der Waals surface area (Å²) in [7, 11) is 4.20. The molecule has 2 unspecified atom stereocenters. The monoisotopic (exact) mass is 894 g/mol. The highest BCUT2D eigenvalue weighted by Crippen LogP contribution is 2.45. The number of terminal acetylenes is 1. The topological polar surface area (TPSA) is 193 Å². The Bertz CT molecular complexity index is 2790. The van der Waals surface area contributed by atoms with E-state index in [0.29, 0.717) is 62.7 Å². The molecule has 2 fully saturated rings. The number of rotatable bonds is 11. The lowest BCUT2D eigenvalue weighted by Crippen LogP contribution is -2.52. The number of H-pyrrole nitrogens is 2. The third kappa shape index (κ3) is 8.23. The maximum Gasteiger partial charge on any atom is 0.407 e. The Morgan fingerprint density at radius 2 is 1.74 bits per heavy atom. The molecule has 3 aliphatic heterocycles. The lowest BCUT2D eigenvalue weighted by atomic mass is 9.83. The summed E-state index contributed by atoms with van der Waals surface area (Å²) in [4.78, 5) is 73.5. The van der Waals surface area contributed by atoms with E-state index in [4.69, 9.17) is 35.3 Å². The summed E-state index contributed by atoms with van der Waals surface area (Å²) in [6.45, 7) is 5.08. The van der Waals surface area contributed by atoms with Gasteiger partial charge in [-0.05, 0) is 71.9 Å². The highest BCUT2D eigenvalue weighted by molar-refractivity contribution is 6.06. The number of methoxy groups -OCH3 is 3. The van der Waals surface area contributed by atoms with Crippen molar-refractivity contribution in [2.45, 2.75) is 75.7 Å². The van der Waals surface area contributed by atoms with E-state index >= 15 is 0 Å². The van der Waals surface area contributed by atoms with Gasteiger partial charge in [0.1, 0.15) is 36.1 Å². The quantitative estimate of drug-likeness (QED) is 0.100. The van der Waals surface area contributed by atoms with Crippen LogP contribution in [0.4, 0.5) is 9.59 Å². The van der Waals surface area contributed by atoms with Crippen molar-refractivity contribution in [1.82, 2.24) is 40.4 Å². The standard InChI is InChI=1S/C50H54N8O8/c1-7-33-15-18-39(58(33)48(60)42(27(2)3)55-49(61)64-5)46-52-37-17-14-30-21-36-34-16-13-31(20-32(34)26-66-41(36)22-35(30)44(37)54-46)38-23-51-45(53-38)40-19-28(25-63-4)24-57(40)47(59)43(56-50(62)65-6)29-11-9-8-10-12-29/h1,8-14,16-17,21-23,27-28,31,33,39-40,42-43H,15,18-20,24-26H2,2-6H3,(H,51,53)(H,52,54)(H,55,61)(H,56,62)/t28-,31?,33-,39?,40-,42-,43+/m0/s1. The van der Waals surface area contributed by atoms with E-state index in [2.05, 4.69) is 50.8 Å².